The summed E-state index contributed by atoms with van der Waals surface area (Å²) in [6, 6.07) is 3.32. The van der Waals surface area contributed by atoms with E-state index < -0.39 is 0 Å². The minimum absolute atomic E-state index is 0. The maximum absolute atomic E-state index is 5.72. The maximum atomic E-state index is 5.72. The molecule has 0 amide bonds. The Morgan fingerprint density at radius 3 is 2.58 bits per heavy atom. The van der Waals surface area contributed by atoms with Gasteiger partial charge in [-0.1, -0.05) is 11.6 Å². The van der Waals surface area contributed by atoms with Gasteiger partial charge in [0.1, 0.15) is 5.75 Å². The zero-order chi connectivity index (χ0) is 8.43. The fourth-order valence-corrected chi connectivity index (χ4v) is 1.28. The normalized spacial score (nSPS) is 8.92. The third-order valence-electron chi connectivity index (χ3n) is 1.30. The molecule has 0 saturated carbocycles. The smallest absolute Gasteiger partial charge is 0.144 e. The Kier molecular flexibility index (Phi) is 4.60. The van der Waals surface area contributed by atoms with Crippen LogP contribution in [0.15, 0.2) is 17.0 Å². The zero-order valence-electron chi connectivity index (χ0n) is 6.37. The number of methoxy groups -OCH3 is 1. The van der Waals surface area contributed by atoms with E-state index in [2.05, 4.69) is 12.6 Å². The Hall–Kier alpha value is -0.250. The molecule has 0 aliphatic heterocycles. The van der Waals surface area contributed by atoms with Crippen molar-refractivity contribution < 1.29 is 4.74 Å². The molecule has 0 aliphatic rings. The number of hydrogen-bond donors (Lipinski definition) is 2. The number of anilines is 1. The SMILES string of the molecule is COc1cc(Cl)cc(S)c1N.Cl. The Labute approximate surface area is 87.9 Å². The summed E-state index contributed by atoms with van der Waals surface area (Å²) in [5.41, 5.74) is 6.12. The van der Waals surface area contributed by atoms with Gasteiger partial charge in [-0.15, -0.1) is 25.0 Å². The second-order valence-electron chi connectivity index (χ2n) is 2.04. The lowest BCUT2D eigenvalue weighted by Gasteiger charge is -2.06. The summed E-state index contributed by atoms with van der Waals surface area (Å²) in [6.07, 6.45) is 0. The highest BCUT2D eigenvalue weighted by molar-refractivity contribution is 7.80. The molecule has 0 aliphatic carbocycles. The van der Waals surface area contributed by atoms with Crippen molar-refractivity contribution >= 4 is 42.3 Å². The van der Waals surface area contributed by atoms with Crippen LogP contribution >= 0.6 is 36.6 Å². The van der Waals surface area contributed by atoms with Crippen LogP contribution in [0.1, 0.15) is 0 Å². The molecule has 0 bridgehead atoms. The van der Waals surface area contributed by atoms with Crippen LogP contribution in [-0.2, 0) is 0 Å². The molecular weight excluding hydrogens is 217 g/mol. The van der Waals surface area contributed by atoms with Gasteiger partial charge < -0.3 is 10.5 Å². The first-order valence-electron chi connectivity index (χ1n) is 2.97. The highest BCUT2D eigenvalue weighted by Gasteiger charge is 2.03. The Balaban J connectivity index is 0.00000121. The number of ether oxygens (including phenoxy) is 1. The van der Waals surface area contributed by atoms with Gasteiger partial charge in [-0.25, -0.2) is 0 Å². The molecule has 0 atom stereocenters. The number of thiol groups is 1. The molecule has 0 saturated heterocycles. The van der Waals surface area contributed by atoms with Crippen LogP contribution in [0.4, 0.5) is 5.69 Å². The molecule has 1 rings (SSSR count). The average Bonchev–Trinajstić information content (AvgIpc) is 1.96. The lowest BCUT2D eigenvalue weighted by molar-refractivity contribution is 0.416. The van der Waals surface area contributed by atoms with Crippen LogP contribution in [-0.4, -0.2) is 7.11 Å². The first-order valence-corrected chi connectivity index (χ1v) is 3.79. The molecule has 0 unspecified atom stereocenters. The quantitative estimate of drug-likeness (QED) is 0.570. The van der Waals surface area contributed by atoms with E-state index in [1.807, 2.05) is 0 Å². The first kappa shape index (κ1) is 11.8. The largest absolute Gasteiger partial charge is 0.495 e. The number of rotatable bonds is 1. The van der Waals surface area contributed by atoms with Crippen LogP contribution in [0.25, 0.3) is 0 Å². The number of halogens is 2. The van der Waals surface area contributed by atoms with Crippen molar-refractivity contribution in [2.24, 2.45) is 0 Å². The molecule has 2 nitrogen and oxygen atoms in total. The standard InChI is InChI=1S/C7H8ClNOS.ClH/c1-10-5-2-4(8)3-6(11)7(5)9;/h2-3,11H,9H2,1H3;1H. The maximum Gasteiger partial charge on any atom is 0.144 e. The van der Waals surface area contributed by atoms with Crippen molar-refractivity contribution in [1.29, 1.82) is 0 Å². The molecule has 0 aromatic heterocycles. The van der Waals surface area contributed by atoms with Gasteiger partial charge in [-0.3, -0.25) is 0 Å². The average molecular weight is 226 g/mol. The predicted molar refractivity (Wildman–Crippen MR) is 56.9 cm³/mol. The molecule has 1 aromatic rings. The minimum Gasteiger partial charge on any atom is -0.495 e. The summed E-state index contributed by atoms with van der Waals surface area (Å²) in [5, 5.41) is 0.570. The second kappa shape index (κ2) is 4.70. The van der Waals surface area contributed by atoms with Crippen LogP contribution < -0.4 is 10.5 Å². The third kappa shape index (κ3) is 2.37. The van der Waals surface area contributed by atoms with Gasteiger partial charge in [0.2, 0.25) is 0 Å². The Bertz CT molecular complexity index is 280. The number of nitrogen functional groups attached to an aromatic ring is 1. The van der Waals surface area contributed by atoms with Gasteiger partial charge in [0.25, 0.3) is 0 Å². The summed E-state index contributed by atoms with van der Waals surface area (Å²) in [4.78, 5) is 0.634. The van der Waals surface area contributed by atoms with Crippen LogP contribution in [0, 0.1) is 0 Å². The predicted octanol–water partition coefficient (Wildman–Crippen LogP) is 2.64. The molecule has 0 spiro atoms. The van der Waals surface area contributed by atoms with Gasteiger partial charge in [0, 0.05) is 16.0 Å². The number of hydrogen-bond acceptors (Lipinski definition) is 3. The molecular formula is C7H9Cl2NOS. The van der Waals surface area contributed by atoms with Crippen molar-refractivity contribution in [2.75, 3.05) is 12.8 Å². The summed E-state index contributed by atoms with van der Waals surface area (Å²) in [6.45, 7) is 0. The molecule has 0 radical (unpaired) electrons. The van der Waals surface area contributed by atoms with E-state index in [9.17, 15) is 0 Å². The highest BCUT2D eigenvalue weighted by atomic mass is 35.5. The van der Waals surface area contributed by atoms with Gasteiger partial charge in [-0.05, 0) is 6.07 Å². The first-order chi connectivity index (χ1) is 5.15. The van der Waals surface area contributed by atoms with Gasteiger partial charge >= 0.3 is 0 Å². The van der Waals surface area contributed by atoms with Crippen LogP contribution in [0.5, 0.6) is 5.75 Å². The molecule has 68 valence electrons. The second-order valence-corrected chi connectivity index (χ2v) is 2.96. The van der Waals surface area contributed by atoms with E-state index in [1.165, 1.54) is 7.11 Å². The van der Waals surface area contributed by atoms with Crippen molar-refractivity contribution in [3.8, 4) is 5.75 Å². The fraction of sp³-hybridized carbons (Fsp3) is 0.143. The van der Waals surface area contributed by atoms with E-state index in [0.29, 0.717) is 21.4 Å². The highest BCUT2D eigenvalue weighted by Crippen LogP contribution is 2.31. The van der Waals surface area contributed by atoms with Crippen LogP contribution in [0.2, 0.25) is 5.02 Å². The number of benzene rings is 1. The van der Waals surface area contributed by atoms with Crippen LogP contribution in [0.3, 0.4) is 0 Å². The molecule has 0 heterocycles. The number of nitrogens with two attached hydrogens (primary N) is 1. The van der Waals surface area contributed by atoms with E-state index in [-0.39, 0.29) is 12.4 Å². The Morgan fingerprint density at radius 2 is 2.08 bits per heavy atom. The van der Waals surface area contributed by atoms with Crippen molar-refractivity contribution in [1.82, 2.24) is 0 Å². The molecule has 2 N–H and O–H groups in total. The lowest BCUT2D eigenvalue weighted by Crippen LogP contribution is -1.93. The van der Waals surface area contributed by atoms with Gasteiger partial charge in [0.05, 0.1) is 12.8 Å². The van der Waals surface area contributed by atoms with E-state index >= 15 is 0 Å². The van der Waals surface area contributed by atoms with E-state index in [4.69, 9.17) is 22.1 Å². The van der Waals surface area contributed by atoms with Crippen molar-refractivity contribution in [3.05, 3.63) is 17.2 Å². The topological polar surface area (TPSA) is 35.2 Å². The van der Waals surface area contributed by atoms with E-state index in [0.717, 1.165) is 0 Å². The zero-order valence-corrected chi connectivity index (χ0v) is 8.84. The summed E-state index contributed by atoms with van der Waals surface area (Å²) < 4.78 is 4.95. The third-order valence-corrected chi connectivity index (χ3v) is 1.89. The van der Waals surface area contributed by atoms with Crippen molar-refractivity contribution in [2.45, 2.75) is 4.90 Å². The summed E-state index contributed by atoms with van der Waals surface area (Å²) >= 11 is 9.82. The summed E-state index contributed by atoms with van der Waals surface area (Å²) in [5.74, 6) is 0.558. The van der Waals surface area contributed by atoms with Gasteiger partial charge in [0.15, 0.2) is 0 Å². The van der Waals surface area contributed by atoms with Crippen molar-refractivity contribution in [3.63, 3.8) is 0 Å². The lowest BCUT2D eigenvalue weighted by atomic mass is 10.3. The van der Waals surface area contributed by atoms with E-state index in [1.54, 1.807) is 12.1 Å². The molecule has 5 heteroatoms. The minimum atomic E-state index is 0. The monoisotopic (exact) mass is 225 g/mol. The molecule has 0 fully saturated rings. The fourth-order valence-electron chi connectivity index (χ4n) is 0.748. The summed E-state index contributed by atoms with van der Waals surface area (Å²) in [7, 11) is 1.54. The molecule has 1 aromatic carbocycles. The molecule has 12 heavy (non-hydrogen) atoms. The van der Waals surface area contributed by atoms with Gasteiger partial charge in [-0.2, -0.15) is 0 Å². The Morgan fingerprint density at radius 1 is 1.50 bits per heavy atom.